The van der Waals surface area contributed by atoms with E-state index in [1.165, 1.54) is 17.1 Å². The average Bonchev–Trinajstić information content (AvgIpc) is 2.84. The van der Waals surface area contributed by atoms with Crippen LogP contribution in [0.5, 0.6) is 5.75 Å². The molecule has 0 saturated carbocycles. The molecule has 0 spiro atoms. The van der Waals surface area contributed by atoms with Gasteiger partial charge in [-0.3, -0.25) is 9.69 Å². The van der Waals surface area contributed by atoms with Crippen LogP contribution in [-0.2, 0) is 19.6 Å². The standard InChI is InChI=1S/C25H42N4O5S/c1-19-17-23(33-6)20(2)21(3)25(19)35(31,32)27(5)15-16-34-18-24(30)29-13-11-28(12-14-29)22-7-9-26(4)10-8-22/h17,22H,7-16,18H2,1-6H3. The minimum atomic E-state index is -3.70. The highest BCUT2D eigenvalue weighted by Gasteiger charge is 2.29. The molecule has 0 unspecified atom stereocenters. The largest absolute Gasteiger partial charge is 0.496 e. The molecule has 0 aliphatic carbocycles. The van der Waals surface area contributed by atoms with Gasteiger partial charge in [0.25, 0.3) is 0 Å². The number of aryl methyl sites for hydroxylation is 1. The molecule has 0 N–H and O–H groups in total. The third kappa shape index (κ3) is 6.54. The van der Waals surface area contributed by atoms with E-state index >= 15 is 0 Å². The summed E-state index contributed by atoms with van der Waals surface area (Å²) in [5, 5.41) is 0. The maximum absolute atomic E-state index is 13.2. The Kier molecular flexibility index (Phi) is 9.56. The molecule has 2 aliphatic rings. The highest BCUT2D eigenvalue weighted by Crippen LogP contribution is 2.31. The third-order valence-corrected chi connectivity index (χ3v) is 9.66. The minimum Gasteiger partial charge on any atom is -0.496 e. The average molecular weight is 511 g/mol. The molecule has 0 radical (unpaired) electrons. The second-order valence-electron chi connectivity index (χ2n) is 9.81. The van der Waals surface area contributed by atoms with Crippen LogP contribution in [0.15, 0.2) is 11.0 Å². The first-order valence-corrected chi connectivity index (χ1v) is 13.9. The van der Waals surface area contributed by atoms with Crippen LogP contribution in [0, 0.1) is 20.8 Å². The van der Waals surface area contributed by atoms with Gasteiger partial charge >= 0.3 is 0 Å². The fourth-order valence-electron chi connectivity index (χ4n) is 5.05. The second kappa shape index (κ2) is 12.0. The van der Waals surface area contributed by atoms with Crippen molar-refractivity contribution in [2.24, 2.45) is 0 Å². The van der Waals surface area contributed by atoms with Gasteiger partial charge in [0.05, 0.1) is 18.6 Å². The summed E-state index contributed by atoms with van der Waals surface area (Å²) in [5.74, 6) is 0.645. The highest BCUT2D eigenvalue weighted by molar-refractivity contribution is 7.89. The van der Waals surface area contributed by atoms with Gasteiger partial charge in [0.1, 0.15) is 12.4 Å². The lowest BCUT2D eigenvalue weighted by Gasteiger charge is -2.42. The second-order valence-corrected chi connectivity index (χ2v) is 11.8. The van der Waals surface area contributed by atoms with Crippen molar-refractivity contribution in [3.8, 4) is 5.75 Å². The first-order chi connectivity index (χ1) is 16.6. The Hall–Kier alpha value is -1.72. The number of amides is 1. The molecule has 2 fully saturated rings. The van der Waals surface area contributed by atoms with Gasteiger partial charge in [-0.1, -0.05) is 0 Å². The number of likely N-dealkylation sites (N-methyl/N-ethyl adjacent to an activating group) is 1. The van der Waals surface area contributed by atoms with E-state index in [-0.39, 0.29) is 25.7 Å². The van der Waals surface area contributed by atoms with Gasteiger partial charge in [-0.25, -0.2) is 8.42 Å². The Labute approximate surface area is 211 Å². The monoisotopic (exact) mass is 510 g/mol. The molecule has 1 amide bonds. The van der Waals surface area contributed by atoms with Crippen LogP contribution in [0.4, 0.5) is 0 Å². The first kappa shape index (κ1) is 27.9. The number of sulfonamides is 1. The zero-order valence-electron chi connectivity index (χ0n) is 22.2. The molecule has 2 aliphatic heterocycles. The SMILES string of the molecule is COc1cc(C)c(S(=O)(=O)N(C)CCOCC(=O)N2CCN(C3CCN(C)CC3)CC2)c(C)c1C. The van der Waals surface area contributed by atoms with Crippen LogP contribution in [0.1, 0.15) is 29.5 Å². The number of nitrogens with zero attached hydrogens (tertiary/aromatic N) is 4. The number of hydrogen-bond acceptors (Lipinski definition) is 7. The molecular weight excluding hydrogens is 468 g/mol. The lowest BCUT2D eigenvalue weighted by molar-refractivity contribution is -0.138. The van der Waals surface area contributed by atoms with E-state index in [0.29, 0.717) is 27.8 Å². The van der Waals surface area contributed by atoms with Crippen LogP contribution in [0.3, 0.4) is 0 Å². The molecule has 10 heteroatoms. The number of piperidine rings is 1. The van der Waals surface area contributed by atoms with Crippen molar-refractivity contribution in [1.29, 1.82) is 0 Å². The van der Waals surface area contributed by atoms with Gasteiger partial charge in [0.2, 0.25) is 15.9 Å². The number of carbonyl (C=O) groups excluding carboxylic acids is 1. The molecule has 0 bridgehead atoms. The number of likely N-dealkylation sites (tertiary alicyclic amines) is 1. The van der Waals surface area contributed by atoms with Gasteiger partial charge in [-0.2, -0.15) is 4.31 Å². The van der Waals surface area contributed by atoms with Crippen molar-refractivity contribution in [2.75, 3.05) is 80.2 Å². The van der Waals surface area contributed by atoms with Crippen LogP contribution < -0.4 is 4.74 Å². The quantitative estimate of drug-likeness (QED) is 0.466. The van der Waals surface area contributed by atoms with Crippen LogP contribution >= 0.6 is 0 Å². The Bertz CT molecular complexity index is 984. The number of piperazine rings is 1. The van der Waals surface area contributed by atoms with Gasteiger partial charge in [-0.05, 0) is 76.5 Å². The van der Waals surface area contributed by atoms with Crippen molar-refractivity contribution in [1.82, 2.24) is 19.0 Å². The van der Waals surface area contributed by atoms with Crippen LogP contribution in [0.25, 0.3) is 0 Å². The molecule has 0 atom stereocenters. The van der Waals surface area contributed by atoms with Crippen molar-refractivity contribution in [3.63, 3.8) is 0 Å². The Morgan fingerprint density at radius 2 is 1.69 bits per heavy atom. The topological polar surface area (TPSA) is 82.6 Å². The van der Waals surface area contributed by atoms with Gasteiger partial charge in [0.15, 0.2) is 0 Å². The zero-order chi connectivity index (χ0) is 25.8. The summed E-state index contributed by atoms with van der Waals surface area (Å²) < 4.78 is 38.7. The number of methoxy groups -OCH3 is 1. The van der Waals surface area contributed by atoms with Crippen LogP contribution in [0.2, 0.25) is 0 Å². The highest BCUT2D eigenvalue weighted by atomic mass is 32.2. The molecule has 2 heterocycles. The van der Waals surface area contributed by atoms with E-state index in [2.05, 4.69) is 16.8 Å². The fraction of sp³-hybridized carbons (Fsp3) is 0.720. The van der Waals surface area contributed by atoms with E-state index in [9.17, 15) is 13.2 Å². The lowest BCUT2D eigenvalue weighted by atomic mass is 10.0. The third-order valence-electron chi connectivity index (χ3n) is 7.51. The summed E-state index contributed by atoms with van der Waals surface area (Å²) in [6.07, 6.45) is 2.39. The summed E-state index contributed by atoms with van der Waals surface area (Å²) in [6.45, 7) is 11.3. The fourth-order valence-corrected chi connectivity index (χ4v) is 6.68. The van der Waals surface area contributed by atoms with Gasteiger partial charge in [-0.15, -0.1) is 0 Å². The van der Waals surface area contributed by atoms with E-state index in [1.807, 2.05) is 11.8 Å². The van der Waals surface area contributed by atoms with E-state index in [1.54, 1.807) is 34.1 Å². The molecule has 1 aromatic rings. The predicted octanol–water partition coefficient (Wildman–Crippen LogP) is 1.50. The number of benzene rings is 1. The summed E-state index contributed by atoms with van der Waals surface area (Å²) in [5.41, 5.74) is 2.14. The van der Waals surface area contributed by atoms with Gasteiger partial charge in [0, 0.05) is 45.8 Å². The normalized spacial score (nSPS) is 18.9. The van der Waals surface area contributed by atoms with Crippen molar-refractivity contribution in [3.05, 3.63) is 22.8 Å². The zero-order valence-corrected chi connectivity index (χ0v) is 23.0. The molecular formula is C25H42N4O5S. The molecule has 9 nitrogen and oxygen atoms in total. The van der Waals surface area contributed by atoms with Crippen LogP contribution in [-0.4, -0.2) is 120 Å². The van der Waals surface area contributed by atoms with E-state index < -0.39 is 10.0 Å². The number of rotatable bonds is 9. The molecule has 0 aromatic heterocycles. The number of hydrogen-bond donors (Lipinski definition) is 0. The van der Waals surface area contributed by atoms with E-state index in [4.69, 9.17) is 9.47 Å². The maximum atomic E-state index is 13.2. The predicted molar refractivity (Wildman–Crippen MR) is 137 cm³/mol. The molecule has 35 heavy (non-hydrogen) atoms. The summed E-state index contributed by atoms with van der Waals surface area (Å²) >= 11 is 0. The number of carbonyl (C=O) groups is 1. The minimum absolute atomic E-state index is 0.0260. The first-order valence-electron chi connectivity index (χ1n) is 12.5. The van der Waals surface area contributed by atoms with Crippen molar-refractivity contribution >= 4 is 15.9 Å². The maximum Gasteiger partial charge on any atom is 0.248 e. The Morgan fingerprint density at radius 3 is 2.29 bits per heavy atom. The Balaban J connectivity index is 1.44. The summed E-state index contributed by atoms with van der Waals surface area (Å²) in [7, 11) is 1.60. The van der Waals surface area contributed by atoms with Crippen molar-refractivity contribution in [2.45, 2.75) is 44.6 Å². The molecule has 198 valence electrons. The van der Waals surface area contributed by atoms with E-state index in [0.717, 1.165) is 44.8 Å². The van der Waals surface area contributed by atoms with Gasteiger partial charge < -0.3 is 19.3 Å². The number of ether oxygens (including phenoxy) is 2. The van der Waals surface area contributed by atoms with Crippen molar-refractivity contribution < 1.29 is 22.7 Å². The summed E-state index contributed by atoms with van der Waals surface area (Å²) in [4.78, 5) is 19.7. The summed E-state index contributed by atoms with van der Waals surface area (Å²) in [6, 6.07) is 2.38. The molecule has 1 aromatic carbocycles. The molecule has 3 rings (SSSR count). The Morgan fingerprint density at radius 1 is 1.06 bits per heavy atom. The lowest BCUT2D eigenvalue weighted by Crippen LogP contribution is -2.54. The molecule has 2 saturated heterocycles. The smallest absolute Gasteiger partial charge is 0.248 e.